The van der Waals surface area contributed by atoms with Gasteiger partial charge in [-0.15, -0.1) is 0 Å². The predicted octanol–water partition coefficient (Wildman–Crippen LogP) is 7.33. The van der Waals surface area contributed by atoms with Gasteiger partial charge in [-0.2, -0.15) is 5.26 Å². The lowest BCUT2D eigenvalue weighted by Gasteiger charge is -2.54. The highest BCUT2D eigenvalue weighted by molar-refractivity contribution is 5.33. The van der Waals surface area contributed by atoms with Crippen molar-refractivity contribution in [3.8, 4) is 6.07 Å². The monoisotopic (exact) mass is 355 g/mol. The summed E-state index contributed by atoms with van der Waals surface area (Å²) in [7, 11) is 0. The van der Waals surface area contributed by atoms with Crippen molar-refractivity contribution in [3.63, 3.8) is 0 Å². The maximum absolute atomic E-state index is 13.8. The summed E-state index contributed by atoms with van der Waals surface area (Å²) in [6.07, 6.45) is 19.0. The lowest BCUT2D eigenvalue weighted by Crippen LogP contribution is -2.41. The van der Waals surface area contributed by atoms with Crippen molar-refractivity contribution in [2.45, 2.75) is 96.8 Å². The standard InChI is InChI=1S/C24H34FN/c1-2-3-4-5-6-10-23-12-15-24(16-13-23,17-14-23)11-9-20-7-8-21(19-26)22(25)18-20/h7-8,18H,2-6,9-17H2,1H3. The number of aryl methyl sites for hydroxylation is 1. The number of nitrogens with zero attached hydrogens (tertiary/aromatic N) is 1. The van der Waals surface area contributed by atoms with E-state index in [0.29, 0.717) is 10.8 Å². The van der Waals surface area contributed by atoms with E-state index >= 15 is 0 Å². The number of rotatable bonds is 9. The largest absolute Gasteiger partial charge is 0.206 e. The number of hydrogen-bond acceptors (Lipinski definition) is 1. The number of benzene rings is 1. The summed E-state index contributed by atoms with van der Waals surface area (Å²) in [6.45, 7) is 2.28. The molecule has 0 amide bonds. The van der Waals surface area contributed by atoms with E-state index in [-0.39, 0.29) is 11.4 Å². The molecule has 0 aromatic heterocycles. The summed E-state index contributed by atoms with van der Waals surface area (Å²) in [5.41, 5.74) is 2.38. The van der Waals surface area contributed by atoms with Crippen LogP contribution >= 0.6 is 0 Å². The van der Waals surface area contributed by atoms with Crippen molar-refractivity contribution < 1.29 is 4.39 Å². The van der Waals surface area contributed by atoms with E-state index in [0.717, 1.165) is 12.0 Å². The molecule has 1 nitrogen and oxygen atoms in total. The highest BCUT2D eigenvalue weighted by Crippen LogP contribution is 2.60. The van der Waals surface area contributed by atoms with E-state index in [2.05, 4.69) is 6.92 Å². The van der Waals surface area contributed by atoms with Crippen molar-refractivity contribution in [1.29, 1.82) is 5.26 Å². The molecule has 4 rings (SSSR count). The van der Waals surface area contributed by atoms with Crippen LogP contribution in [0.25, 0.3) is 0 Å². The van der Waals surface area contributed by atoms with Gasteiger partial charge in [-0.3, -0.25) is 0 Å². The Morgan fingerprint density at radius 1 is 0.923 bits per heavy atom. The first-order chi connectivity index (χ1) is 12.6. The van der Waals surface area contributed by atoms with Crippen LogP contribution in [0, 0.1) is 28.0 Å². The number of fused-ring (bicyclic) bond motifs is 3. The zero-order valence-corrected chi connectivity index (χ0v) is 16.5. The molecule has 0 aliphatic heterocycles. The molecule has 0 spiro atoms. The Bertz CT molecular complexity index is 618. The highest BCUT2D eigenvalue weighted by atomic mass is 19.1. The Hall–Kier alpha value is -1.36. The van der Waals surface area contributed by atoms with E-state index in [4.69, 9.17) is 5.26 Å². The summed E-state index contributed by atoms with van der Waals surface area (Å²) < 4.78 is 13.8. The molecule has 0 atom stereocenters. The number of unbranched alkanes of at least 4 members (excludes halogenated alkanes) is 4. The van der Waals surface area contributed by atoms with Crippen molar-refractivity contribution in [3.05, 3.63) is 35.1 Å². The van der Waals surface area contributed by atoms with Crippen molar-refractivity contribution in [2.24, 2.45) is 10.8 Å². The predicted molar refractivity (Wildman–Crippen MR) is 105 cm³/mol. The zero-order chi connectivity index (χ0) is 18.5. The average molecular weight is 356 g/mol. The second-order valence-electron chi connectivity index (χ2n) is 9.09. The first-order valence-corrected chi connectivity index (χ1v) is 10.8. The van der Waals surface area contributed by atoms with Crippen LogP contribution < -0.4 is 0 Å². The van der Waals surface area contributed by atoms with Crippen LogP contribution in [-0.4, -0.2) is 0 Å². The van der Waals surface area contributed by atoms with Gasteiger partial charge in [0.1, 0.15) is 11.9 Å². The van der Waals surface area contributed by atoms with Gasteiger partial charge in [0.25, 0.3) is 0 Å². The van der Waals surface area contributed by atoms with Crippen LogP contribution in [0.4, 0.5) is 4.39 Å². The Balaban J connectivity index is 1.47. The van der Waals surface area contributed by atoms with Crippen LogP contribution in [0.2, 0.25) is 0 Å². The Morgan fingerprint density at radius 2 is 1.54 bits per heavy atom. The fraction of sp³-hybridized carbons (Fsp3) is 0.708. The van der Waals surface area contributed by atoms with Crippen LogP contribution in [0.1, 0.15) is 102 Å². The molecular formula is C24H34FN. The minimum absolute atomic E-state index is 0.158. The Kier molecular flexibility index (Phi) is 6.38. The topological polar surface area (TPSA) is 23.8 Å². The molecule has 0 heterocycles. The van der Waals surface area contributed by atoms with E-state index in [1.54, 1.807) is 12.1 Å². The van der Waals surface area contributed by atoms with Gasteiger partial charge in [-0.25, -0.2) is 4.39 Å². The molecule has 2 heteroatoms. The number of nitriles is 1. The summed E-state index contributed by atoms with van der Waals surface area (Å²) in [4.78, 5) is 0. The first kappa shape index (κ1) is 19.4. The van der Waals surface area contributed by atoms with Crippen LogP contribution in [0.3, 0.4) is 0 Å². The second kappa shape index (κ2) is 8.55. The molecule has 3 fully saturated rings. The molecule has 142 valence electrons. The fourth-order valence-corrected chi connectivity index (χ4v) is 5.41. The van der Waals surface area contributed by atoms with Gasteiger partial charge in [0.15, 0.2) is 0 Å². The van der Waals surface area contributed by atoms with E-state index < -0.39 is 0 Å². The molecule has 3 aliphatic carbocycles. The zero-order valence-electron chi connectivity index (χ0n) is 16.5. The maximum Gasteiger partial charge on any atom is 0.141 e. The quantitative estimate of drug-likeness (QED) is 0.425. The molecule has 0 unspecified atom stereocenters. The molecule has 0 N–H and O–H groups in total. The van der Waals surface area contributed by atoms with Gasteiger partial charge in [-0.05, 0) is 86.3 Å². The summed E-state index contributed by atoms with van der Waals surface area (Å²) in [5.74, 6) is -0.364. The molecule has 0 saturated heterocycles. The lowest BCUT2D eigenvalue weighted by atomic mass is 9.51. The molecule has 2 bridgehead atoms. The van der Waals surface area contributed by atoms with Crippen LogP contribution in [-0.2, 0) is 6.42 Å². The van der Waals surface area contributed by atoms with Gasteiger partial charge >= 0.3 is 0 Å². The minimum Gasteiger partial charge on any atom is -0.206 e. The van der Waals surface area contributed by atoms with Crippen molar-refractivity contribution >= 4 is 0 Å². The van der Waals surface area contributed by atoms with Crippen molar-refractivity contribution in [2.75, 3.05) is 0 Å². The van der Waals surface area contributed by atoms with Gasteiger partial charge < -0.3 is 0 Å². The van der Waals surface area contributed by atoms with Gasteiger partial charge in [0.05, 0.1) is 5.56 Å². The molecule has 26 heavy (non-hydrogen) atoms. The van der Waals surface area contributed by atoms with Gasteiger partial charge in [0, 0.05) is 0 Å². The fourth-order valence-electron chi connectivity index (χ4n) is 5.41. The van der Waals surface area contributed by atoms with E-state index in [1.165, 1.54) is 83.5 Å². The molecular weight excluding hydrogens is 321 g/mol. The summed E-state index contributed by atoms with van der Waals surface area (Å²) in [5, 5.41) is 8.87. The molecule has 1 aromatic rings. The third kappa shape index (κ3) is 4.48. The molecule has 1 aromatic carbocycles. The van der Waals surface area contributed by atoms with Crippen LogP contribution in [0.5, 0.6) is 0 Å². The number of halogens is 1. The SMILES string of the molecule is CCCCCCCC12CCC(CCc3ccc(C#N)c(F)c3)(CC1)CC2. The number of hydrogen-bond donors (Lipinski definition) is 0. The van der Waals surface area contributed by atoms with E-state index in [1.807, 2.05) is 12.1 Å². The normalized spacial score (nSPS) is 27.4. The second-order valence-corrected chi connectivity index (χ2v) is 9.09. The third-order valence-corrected chi connectivity index (χ3v) is 7.47. The maximum atomic E-state index is 13.8. The minimum atomic E-state index is -0.364. The molecule has 0 radical (unpaired) electrons. The highest BCUT2D eigenvalue weighted by Gasteiger charge is 2.47. The lowest BCUT2D eigenvalue weighted by molar-refractivity contribution is -0.0205. The van der Waals surface area contributed by atoms with Gasteiger partial charge in [-0.1, -0.05) is 45.1 Å². The molecule has 3 aliphatic rings. The Labute approximate surface area is 159 Å². The van der Waals surface area contributed by atoms with E-state index in [9.17, 15) is 4.39 Å². The van der Waals surface area contributed by atoms with Gasteiger partial charge in [0.2, 0.25) is 0 Å². The average Bonchev–Trinajstić information content (AvgIpc) is 2.68. The smallest absolute Gasteiger partial charge is 0.141 e. The summed E-state index contributed by atoms with van der Waals surface area (Å²) >= 11 is 0. The molecule has 3 saturated carbocycles. The van der Waals surface area contributed by atoms with Crippen LogP contribution in [0.15, 0.2) is 18.2 Å². The first-order valence-electron chi connectivity index (χ1n) is 10.8. The Morgan fingerprint density at radius 3 is 2.12 bits per heavy atom. The summed E-state index contributed by atoms with van der Waals surface area (Å²) in [6, 6.07) is 7.05. The van der Waals surface area contributed by atoms with Crippen molar-refractivity contribution in [1.82, 2.24) is 0 Å². The third-order valence-electron chi connectivity index (χ3n) is 7.47.